The fourth-order valence-corrected chi connectivity index (χ4v) is 3.45. The van der Waals surface area contributed by atoms with Crippen molar-refractivity contribution in [1.82, 2.24) is 4.90 Å². The van der Waals surface area contributed by atoms with Gasteiger partial charge in [0.05, 0.1) is 0 Å². The number of halogens is 1. The van der Waals surface area contributed by atoms with Crippen LogP contribution in [-0.4, -0.2) is 30.6 Å². The first-order valence-electron chi connectivity index (χ1n) is 4.81. The molecule has 3 aliphatic heterocycles. The van der Waals surface area contributed by atoms with Crippen molar-refractivity contribution in [2.75, 3.05) is 19.6 Å². The maximum atomic E-state index is 6.14. The van der Waals surface area contributed by atoms with Crippen LogP contribution in [0.5, 0.6) is 0 Å². The summed E-state index contributed by atoms with van der Waals surface area (Å²) < 4.78 is 0. The highest BCUT2D eigenvalue weighted by Gasteiger charge is 2.45. The summed E-state index contributed by atoms with van der Waals surface area (Å²) in [7, 11) is 0. The molecule has 3 saturated heterocycles. The van der Waals surface area contributed by atoms with Gasteiger partial charge in [-0.25, -0.2) is 0 Å². The third-order valence-corrected chi connectivity index (χ3v) is 3.86. The number of nitrogens with zero attached hydrogens (tertiary/aromatic N) is 1. The van der Waals surface area contributed by atoms with Gasteiger partial charge in [-0.2, -0.15) is 0 Å². The Kier molecular flexibility index (Phi) is 2.10. The molecule has 0 aromatic heterocycles. The summed E-state index contributed by atoms with van der Waals surface area (Å²) in [5.74, 6) is 2.70. The van der Waals surface area contributed by atoms with E-state index in [1.165, 1.54) is 32.5 Å². The van der Waals surface area contributed by atoms with Crippen LogP contribution in [0.3, 0.4) is 0 Å². The lowest BCUT2D eigenvalue weighted by molar-refractivity contribution is -0.0328. The topological polar surface area (TPSA) is 29.3 Å². The molecule has 0 aromatic carbocycles. The highest BCUT2D eigenvalue weighted by Crippen LogP contribution is 2.42. The van der Waals surface area contributed by atoms with Crippen LogP contribution in [0.2, 0.25) is 0 Å². The summed E-state index contributed by atoms with van der Waals surface area (Å²) in [5, 5.41) is 0. The molecule has 0 radical (unpaired) electrons. The number of piperidine rings is 3. The fourth-order valence-electron chi connectivity index (χ4n) is 3.45. The number of rotatable bonds is 0. The van der Waals surface area contributed by atoms with Crippen molar-refractivity contribution < 1.29 is 0 Å². The van der Waals surface area contributed by atoms with Crippen molar-refractivity contribution in [1.29, 1.82) is 0 Å². The van der Waals surface area contributed by atoms with Crippen LogP contribution >= 0.6 is 12.4 Å². The third-order valence-electron chi connectivity index (χ3n) is 3.86. The summed E-state index contributed by atoms with van der Waals surface area (Å²) in [6.45, 7) is 3.97. The zero-order valence-corrected chi connectivity index (χ0v) is 8.09. The van der Waals surface area contributed by atoms with Crippen LogP contribution in [-0.2, 0) is 0 Å². The van der Waals surface area contributed by atoms with Crippen LogP contribution < -0.4 is 5.73 Å². The van der Waals surface area contributed by atoms with Gasteiger partial charge in [0.1, 0.15) is 0 Å². The minimum Gasteiger partial charge on any atom is -0.327 e. The molecule has 4 aliphatic rings. The summed E-state index contributed by atoms with van der Waals surface area (Å²) in [5.41, 5.74) is 6.14. The molecule has 0 spiro atoms. The zero-order chi connectivity index (χ0) is 7.42. The number of nitrogens with two attached hydrogens (primary N) is 1. The molecule has 2 N–H and O–H groups in total. The van der Waals surface area contributed by atoms with E-state index in [-0.39, 0.29) is 12.4 Å². The Hall–Kier alpha value is 0.210. The monoisotopic (exact) mass is 188 g/mol. The zero-order valence-electron chi connectivity index (χ0n) is 7.28. The molecule has 0 aromatic rings. The molecule has 0 amide bonds. The average Bonchev–Trinajstić information content (AvgIpc) is 1.98. The summed E-state index contributed by atoms with van der Waals surface area (Å²) >= 11 is 0. The molecule has 12 heavy (non-hydrogen) atoms. The maximum Gasteiger partial charge on any atom is 0.0120 e. The van der Waals surface area contributed by atoms with Gasteiger partial charge in [0.15, 0.2) is 0 Å². The Balaban J connectivity index is 0.000000563. The lowest BCUT2D eigenvalue weighted by Crippen LogP contribution is -2.62. The van der Waals surface area contributed by atoms with E-state index in [2.05, 4.69) is 4.90 Å². The molecule has 1 aliphatic carbocycles. The first kappa shape index (κ1) is 8.79. The van der Waals surface area contributed by atoms with E-state index < -0.39 is 0 Å². The lowest BCUT2D eigenvalue weighted by atomic mass is 9.65. The molecular formula is C9H17ClN2. The molecule has 2 nitrogen and oxygen atoms in total. The van der Waals surface area contributed by atoms with Crippen LogP contribution in [0.1, 0.15) is 12.8 Å². The Labute approximate surface area is 79.9 Å². The first-order chi connectivity index (χ1) is 5.33. The SMILES string of the molecule is Cl.NC1C2CC3CC1CN(C3)C2. The van der Waals surface area contributed by atoms with Crippen molar-refractivity contribution in [3.8, 4) is 0 Å². The van der Waals surface area contributed by atoms with Crippen molar-refractivity contribution in [3.63, 3.8) is 0 Å². The Morgan fingerprint density at radius 3 is 2.08 bits per heavy atom. The second-order valence-electron chi connectivity index (χ2n) is 4.65. The van der Waals surface area contributed by atoms with Gasteiger partial charge in [0.2, 0.25) is 0 Å². The van der Waals surface area contributed by atoms with Crippen molar-refractivity contribution >= 4 is 12.4 Å². The molecule has 1 saturated carbocycles. The fraction of sp³-hybridized carbons (Fsp3) is 1.00. The molecule has 3 heteroatoms. The van der Waals surface area contributed by atoms with Gasteiger partial charge in [-0.15, -0.1) is 12.4 Å². The number of hydrogen-bond donors (Lipinski definition) is 1. The van der Waals surface area contributed by atoms with Gasteiger partial charge in [0, 0.05) is 25.7 Å². The summed E-state index contributed by atoms with van der Waals surface area (Å²) in [4.78, 5) is 2.62. The van der Waals surface area contributed by atoms with Crippen LogP contribution in [0, 0.1) is 17.8 Å². The smallest absolute Gasteiger partial charge is 0.0120 e. The minimum atomic E-state index is 0. The maximum absolute atomic E-state index is 6.14. The molecular weight excluding hydrogens is 172 g/mol. The van der Waals surface area contributed by atoms with Gasteiger partial charge in [-0.3, -0.25) is 0 Å². The van der Waals surface area contributed by atoms with Gasteiger partial charge in [-0.1, -0.05) is 0 Å². The van der Waals surface area contributed by atoms with Gasteiger partial charge in [-0.05, 0) is 30.6 Å². The predicted octanol–water partition coefficient (Wildman–Crippen LogP) is 0.707. The van der Waals surface area contributed by atoms with Crippen molar-refractivity contribution in [3.05, 3.63) is 0 Å². The lowest BCUT2D eigenvalue weighted by Gasteiger charge is -2.54. The highest BCUT2D eigenvalue weighted by atomic mass is 35.5. The highest BCUT2D eigenvalue weighted by molar-refractivity contribution is 5.85. The largest absolute Gasteiger partial charge is 0.327 e. The second kappa shape index (κ2) is 2.86. The van der Waals surface area contributed by atoms with Crippen LogP contribution in [0.4, 0.5) is 0 Å². The van der Waals surface area contributed by atoms with E-state index in [4.69, 9.17) is 5.73 Å². The average molecular weight is 189 g/mol. The first-order valence-corrected chi connectivity index (χ1v) is 4.81. The second-order valence-corrected chi connectivity index (χ2v) is 4.65. The Morgan fingerprint density at radius 2 is 1.58 bits per heavy atom. The van der Waals surface area contributed by atoms with E-state index in [0.717, 1.165) is 17.8 Å². The quantitative estimate of drug-likeness (QED) is 0.607. The van der Waals surface area contributed by atoms with Gasteiger partial charge in [0.25, 0.3) is 0 Å². The van der Waals surface area contributed by atoms with E-state index in [0.29, 0.717) is 6.04 Å². The molecule has 3 heterocycles. The molecule has 2 unspecified atom stereocenters. The van der Waals surface area contributed by atoms with Crippen LogP contribution in [0.25, 0.3) is 0 Å². The van der Waals surface area contributed by atoms with Gasteiger partial charge >= 0.3 is 0 Å². The molecule has 2 atom stereocenters. The Morgan fingerprint density at radius 1 is 1.00 bits per heavy atom. The van der Waals surface area contributed by atoms with E-state index in [9.17, 15) is 0 Å². The van der Waals surface area contributed by atoms with Crippen molar-refractivity contribution in [2.45, 2.75) is 18.9 Å². The summed E-state index contributed by atoms with van der Waals surface area (Å²) in [6, 6.07) is 0.544. The van der Waals surface area contributed by atoms with E-state index >= 15 is 0 Å². The third kappa shape index (κ3) is 1.09. The predicted molar refractivity (Wildman–Crippen MR) is 51.4 cm³/mol. The molecule has 4 bridgehead atoms. The summed E-state index contributed by atoms with van der Waals surface area (Å²) in [6.07, 6.45) is 2.85. The van der Waals surface area contributed by atoms with E-state index in [1.807, 2.05) is 0 Å². The van der Waals surface area contributed by atoms with Gasteiger partial charge < -0.3 is 10.6 Å². The minimum absolute atomic E-state index is 0. The molecule has 4 rings (SSSR count). The standard InChI is InChI=1S/C9H16N2.ClH/c10-9-7-1-6-2-8(9)5-11(3-6)4-7;/h6-9H,1-5,10H2;1H. The van der Waals surface area contributed by atoms with E-state index in [1.54, 1.807) is 0 Å². The molecule has 70 valence electrons. The number of hydrogen-bond acceptors (Lipinski definition) is 2. The van der Waals surface area contributed by atoms with Crippen molar-refractivity contribution in [2.24, 2.45) is 23.5 Å². The van der Waals surface area contributed by atoms with Crippen LogP contribution in [0.15, 0.2) is 0 Å². The Bertz CT molecular complexity index is 155. The molecule has 4 fully saturated rings. The normalized spacial score (nSPS) is 55.2.